The number of amides is 1. The number of benzene rings is 2. The Morgan fingerprint density at radius 2 is 1.97 bits per heavy atom. The van der Waals surface area contributed by atoms with Crippen molar-refractivity contribution in [3.05, 3.63) is 86.6 Å². The molecule has 0 aliphatic heterocycles. The summed E-state index contributed by atoms with van der Waals surface area (Å²) in [5, 5.41) is 1.05. The van der Waals surface area contributed by atoms with Gasteiger partial charge in [-0.25, -0.2) is 4.98 Å². The van der Waals surface area contributed by atoms with Gasteiger partial charge in [0.1, 0.15) is 0 Å². The second-order valence-corrected chi connectivity index (χ2v) is 9.05. The maximum Gasteiger partial charge on any atom is 0.261 e. The molecule has 0 N–H and O–H groups in total. The fourth-order valence-corrected chi connectivity index (χ4v) is 4.74. The minimum absolute atomic E-state index is 0.200. The Bertz CT molecular complexity index is 1170. The zero-order chi connectivity index (χ0) is 20.5. The molecule has 0 atom stereocenters. The van der Waals surface area contributed by atoms with Gasteiger partial charge in [0.05, 0.1) is 27.3 Å². The number of aromatic nitrogens is 2. The van der Waals surface area contributed by atoms with Gasteiger partial charge in [0.25, 0.3) is 5.91 Å². The van der Waals surface area contributed by atoms with Gasteiger partial charge in [-0.3, -0.25) is 14.7 Å². The van der Waals surface area contributed by atoms with Crippen LogP contribution in [0.25, 0.3) is 10.2 Å². The second-order valence-electron chi connectivity index (χ2n) is 6.75. The van der Waals surface area contributed by atoms with E-state index in [4.69, 9.17) is 16.6 Å². The van der Waals surface area contributed by atoms with Crippen LogP contribution in [-0.2, 0) is 6.54 Å². The summed E-state index contributed by atoms with van der Waals surface area (Å²) >= 11 is 11.3. The average Bonchev–Trinajstić information content (AvgIpc) is 3.18. The first-order valence-corrected chi connectivity index (χ1v) is 11.0. The molecule has 146 valence electrons. The largest absolute Gasteiger partial charge is 0.279 e. The molecule has 0 fully saturated rings. The van der Waals surface area contributed by atoms with Gasteiger partial charge < -0.3 is 0 Å². The number of aryl methyl sites for hydroxylation is 2. The summed E-state index contributed by atoms with van der Waals surface area (Å²) in [4.78, 5) is 24.2. The lowest BCUT2D eigenvalue weighted by Gasteiger charge is -2.20. The van der Waals surface area contributed by atoms with Crippen molar-refractivity contribution in [2.24, 2.45) is 0 Å². The van der Waals surface area contributed by atoms with E-state index in [1.165, 1.54) is 11.3 Å². The summed E-state index contributed by atoms with van der Waals surface area (Å²) in [5.41, 5.74) is 4.50. The SMILES string of the molecule is Cc1ccc(C)c2sc(N(Cc3cccnc3)C(=O)c3cc(Br)ccc3Cl)nc12. The third-order valence-electron chi connectivity index (χ3n) is 4.63. The molecule has 0 unspecified atom stereocenters. The van der Waals surface area contributed by atoms with Crippen LogP contribution >= 0.6 is 38.9 Å². The summed E-state index contributed by atoms with van der Waals surface area (Å²) in [6.07, 6.45) is 3.47. The van der Waals surface area contributed by atoms with Crippen molar-refractivity contribution < 1.29 is 4.79 Å². The van der Waals surface area contributed by atoms with Crippen LogP contribution in [0.15, 0.2) is 59.3 Å². The van der Waals surface area contributed by atoms with Crippen LogP contribution in [0.4, 0.5) is 5.13 Å². The van der Waals surface area contributed by atoms with Crippen molar-refractivity contribution in [3.63, 3.8) is 0 Å². The highest BCUT2D eigenvalue weighted by molar-refractivity contribution is 9.10. The standard InChI is InChI=1S/C22H17BrClN3OS/c1-13-5-6-14(2)20-19(13)26-22(29-20)27(12-15-4-3-9-25-11-15)21(28)17-10-16(23)7-8-18(17)24/h3-11H,12H2,1-2H3. The molecule has 0 aliphatic carbocycles. The third kappa shape index (κ3) is 4.06. The van der Waals surface area contributed by atoms with E-state index in [9.17, 15) is 4.79 Å². The van der Waals surface area contributed by atoms with E-state index in [0.29, 0.717) is 22.3 Å². The minimum Gasteiger partial charge on any atom is -0.279 e. The molecule has 4 nitrogen and oxygen atoms in total. The molecule has 2 aromatic carbocycles. The maximum absolute atomic E-state index is 13.5. The number of pyridine rings is 1. The van der Waals surface area contributed by atoms with Gasteiger partial charge in [-0.2, -0.15) is 0 Å². The summed E-state index contributed by atoms with van der Waals surface area (Å²) in [7, 11) is 0. The number of nitrogens with zero attached hydrogens (tertiary/aromatic N) is 3. The summed E-state index contributed by atoms with van der Waals surface area (Å²) in [6.45, 7) is 4.44. The van der Waals surface area contributed by atoms with Crippen molar-refractivity contribution in [2.45, 2.75) is 20.4 Å². The lowest BCUT2D eigenvalue weighted by atomic mass is 10.1. The predicted molar refractivity (Wildman–Crippen MR) is 123 cm³/mol. The van der Waals surface area contributed by atoms with E-state index in [-0.39, 0.29) is 5.91 Å². The van der Waals surface area contributed by atoms with Gasteiger partial charge >= 0.3 is 0 Å². The number of hydrogen-bond acceptors (Lipinski definition) is 4. The number of carbonyl (C=O) groups is 1. The predicted octanol–water partition coefficient (Wildman–Crippen LogP) is 6.57. The second kappa shape index (κ2) is 8.22. The highest BCUT2D eigenvalue weighted by Crippen LogP contribution is 2.35. The van der Waals surface area contributed by atoms with Crippen LogP contribution in [0.5, 0.6) is 0 Å². The zero-order valence-electron chi connectivity index (χ0n) is 15.8. The first-order valence-electron chi connectivity index (χ1n) is 8.96. The molecule has 0 aliphatic rings. The molecular formula is C22H17BrClN3OS. The van der Waals surface area contributed by atoms with Crippen LogP contribution < -0.4 is 4.90 Å². The van der Waals surface area contributed by atoms with Crippen molar-refractivity contribution in [1.82, 2.24) is 9.97 Å². The van der Waals surface area contributed by atoms with Crippen LogP contribution in [0.1, 0.15) is 27.0 Å². The summed E-state index contributed by atoms with van der Waals surface area (Å²) < 4.78 is 1.88. The molecule has 4 rings (SSSR count). The van der Waals surface area contributed by atoms with E-state index < -0.39 is 0 Å². The Labute approximate surface area is 186 Å². The molecule has 4 aromatic rings. The number of fused-ring (bicyclic) bond motifs is 1. The molecule has 0 radical (unpaired) electrons. The molecule has 2 aromatic heterocycles. The van der Waals surface area contributed by atoms with Gasteiger partial charge in [0.15, 0.2) is 5.13 Å². The van der Waals surface area contributed by atoms with Crippen LogP contribution in [0, 0.1) is 13.8 Å². The third-order valence-corrected chi connectivity index (χ3v) is 6.67. The molecule has 2 heterocycles. The lowest BCUT2D eigenvalue weighted by Crippen LogP contribution is -2.30. The van der Waals surface area contributed by atoms with Crippen LogP contribution in [0.2, 0.25) is 5.02 Å². The molecule has 29 heavy (non-hydrogen) atoms. The van der Waals surface area contributed by atoms with Crippen molar-refractivity contribution in [3.8, 4) is 0 Å². The summed E-state index contributed by atoms with van der Waals surface area (Å²) in [6, 6.07) is 13.2. The number of rotatable bonds is 4. The molecular weight excluding hydrogens is 470 g/mol. The van der Waals surface area contributed by atoms with Gasteiger partial charge in [0, 0.05) is 16.9 Å². The lowest BCUT2D eigenvalue weighted by molar-refractivity contribution is 0.0985. The molecule has 7 heteroatoms. The Hall–Kier alpha value is -2.28. The van der Waals surface area contributed by atoms with Gasteiger partial charge in [-0.1, -0.05) is 57.1 Å². The summed E-state index contributed by atoms with van der Waals surface area (Å²) in [5.74, 6) is -0.200. The van der Waals surface area contributed by atoms with Crippen molar-refractivity contribution in [2.75, 3.05) is 4.90 Å². The Balaban J connectivity index is 1.84. The van der Waals surface area contributed by atoms with Crippen LogP contribution in [0.3, 0.4) is 0 Å². The molecule has 0 spiro atoms. The van der Waals surface area contributed by atoms with Gasteiger partial charge in [-0.05, 0) is 54.8 Å². The minimum atomic E-state index is -0.200. The number of thiazole rings is 1. The number of halogens is 2. The van der Waals surface area contributed by atoms with Crippen molar-refractivity contribution in [1.29, 1.82) is 0 Å². The average molecular weight is 487 g/mol. The van der Waals surface area contributed by atoms with E-state index in [1.807, 2.05) is 25.1 Å². The quantitative estimate of drug-likeness (QED) is 0.328. The smallest absolute Gasteiger partial charge is 0.261 e. The topological polar surface area (TPSA) is 46.1 Å². The highest BCUT2D eigenvalue weighted by atomic mass is 79.9. The molecule has 1 amide bonds. The van der Waals surface area contributed by atoms with Crippen LogP contribution in [-0.4, -0.2) is 15.9 Å². The Morgan fingerprint density at radius 1 is 1.17 bits per heavy atom. The van der Waals surface area contributed by atoms with Gasteiger partial charge in [-0.15, -0.1) is 0 Å². The normalized spacial score (nSPS) is 11.0. The Morgan fingerprint density at radius 3 is 2.69 bits per heavy atom. The highest BCUT2D eigenvalue weighted by Gasteiger charge is 2.24. The Kier molecular flexibility index (Phi) is 5.67. The number of carbonyl (C=O) groups excluding carboxylic acids is 1. The van der Waals surface area contributed by atoms with Crippen molar-refractivity contribution >= 4 is 60.1 Å². The zero-order valence-corrected chi connectivity index (χ0v) is 19.0. The van der Waals surface area contributed by atoms with E-state index in [1.54, 1.807) is 29.4 Å². The number of anilines is 1. The monoisotopic (exact) mass is 485 g/mol. The molecule has 0 bridgehead atoms. The van der Waals surface area contributed by atoms with E-state index in [2.05, 4.69) is 40.0 Å². The van der Waals surface area contributed by atoms with E-state index >= 15 is 0 Å². The maximum atomic E-state index is 13.5. The number of hydrogen-bond donors (Lipinski definition) is 0. The fraction of sp³-hybridized carbons (Fsp3) is 0.136. The van der Waals surface area contributed by atoms with Gasteiger partial charge in [0.2, 0.25) is 0 Å². The first-order chi connectivity index (χ1) is 13.9. The van der Waals surface area contributed by atoms with E-state index in [0.717, 1.165) is 31.4 Å². The molecule has 0 saturated carbocycles. The fourth-order valence-electron chi connectivity index (χ4n) is 3.07. The molecule has 0 saturated heterocycles. The first kappa shape index (κ1) is 20.0.